The van der Waals surface area contributed by atoms with Crippen molar-refractivity contribution in [2.75, 3.05) is 30.5 Å². The number of Topliss-reactive ketones (excluding diaryl/α,β-unsaturated/α-hetero) is 1. The molecule has 1 aliphatic heterocycles. The number of amides is 2. The van der Waals surface area contributed by atoms with Crippen molar-refractivity contribution < 1.29 is 38.9 Å². The van der Waals surface area contributed by atoms with Crippen molar-refractivity contribution in [2.24, 2.45) is 17.8 Å². The lowest BCUT2D eigenvalue weighted by atomic mass is 9.59. The number of hydrogen-bond acceptors (Lipinski definition) is 11. The van der Waals surface area contributed by atoms with Crippen LogP contribution < -0.4 is 14.5 Å². The molecule has 1 saturated heterocycles. The van der Waals surface area contributed by atoms with E-state index in [1.807, 2.05) is 0 Å². The van der Waals surface area contributed by atoms with Crippen LogP contribution in [0.3, 0.4) is 0 Å². The Kier molecular flexibility index (Phi) is 7.53. The standard InChI is InChI=1S/C33H30N4O10/c1-5-47-25-8-6-7-18(31(25)40)26-17-9-10-19-27(20(17)14-21-28(26)24(38)11-15(2)30(21)39)33(42)35(32(19)41)16-12-22(36(43)44)29(34(3)4)23(13-16)37(45)46/h6-9,11-13,19-20,26-27,40H,5,10,14H2,1-4H3. The summed E-state index contributed by atoms with van der Waals surface area (Å²) in [4.78, 5) is 79.6. The van der Waals surface area contributed by atoms with Crippen molar-refractivity contribution in [1.29, 1.82) is 0 Å². The number of nitro groups is 2. The van der Waals surface area contributed by atoms with Crippen molar-refractivity contribution in [3.63, 3.8) is 0 Å². The van der Waals surface area contributed by atoms with Gasteiger partial charge >= 0.3 is 11.4 Å². The fraction of sp³-hybridized carbons (Fsp3) is 0.333. The first-order chi connectivity index (χ1) is 22.3. The third kappa shape index (κ3) is 4.70. The number of carbonyl (C=O) groups is 4. The number of phenolic OH excluding ortho intramolecular Hbond substituents is 1. The Labute approximate surface area is 267 Å². The second-order valence-electron chi connectivity index (χ2n) is 12.1. The van der Waals surface area contributed by atoms with E-state index >= 15 is 0 Å². The molecule has 4 atom stereocenters. The fourth-order valence-corrected chi connectivity index (χ4v) is 7.49. The topological polar surface area (TPSA) is 190 Å². The molecule has 0 radical (unpaired) electrons. The van der Waals surface area contributed by atoms with Crippen molar-refractivity contribution in [3.8, 4) is 11.5 Å². The third-order valence-corrected chi connectivity index (χ3v) is 9.36. The van der Waals surface area contributed by atoms with Gasteiger partial charge < -0.3 is 14.7 Å². The highest BCUT2D eigenvalue weighted by Gasteiger charge is 2.57. The molecule has 14 heteroatoms. The average molecular weight is 643 g/mol. The molecule has 2 aromatic carbocycles. The number of ketones is 2. The number of allylic oxidation sites excluding steroid dienone is 6. The molecular weight excluding hydrogens is 612 g/mol. The van der Waals surface area contributed by atoms with Crippen LogP contribution in [0.1, 0.15) is 38.2 Å². The summed E-state index contributed by atoms with van der Waals surface area (Å²) in [5.41, 5.74) is -0.450. The molecular formula is C33H30N4O10. The van der Waals surface area contributed by atoms with Crippen LogP contribution >= 0.6 is 0 Å². The van der Waals surface area contributed by atoms with Crippen LogP contribution in [0, 0.1) is 38.0 Å². The Balaban J connectivity index is 1.50. The zero-order valence-electron chi connectivity index (χ0n) is 25.9. The fourth-order valence-electron chi connectivity index (χ4n) is 7.49. The first-order valence-electron chi connectivity index (χ1n) is 14.9. The number of rotatable bonds is 7. The Morgan fingerprint density at radius 1 is 1.02 bits per heavy atom. The number of hydrogen-bond donors (Lipinski definition) is 1. The highest BCUT2D eigenvalue weighted by molar-refractivity contribution is 6.25. The number of anilines is 2. The Morgan fingerprint density at radius 2 is 1.68 bits per heavy atom. The Bertz CT molecular complexity index is 1890. The minimum atomic E-state index is -1.04. The molecule has 2 aromatic rings. The highest BCUT2D eigenvalue weighted by atomic mass is 16.6. The Morgan fingerprint density at radius 3 is 2.28 bits per heavy atom. The number of phenols is 1. The number of imide groups is 1. The second-order valence-corrected chi connectivity index (χ2v) is 12.1. The number of benzene rings is 2. The van der Waals surface area contributed by atoms with Gasteiger partial charge in [0.05, 0.1) is 34.0 Å². The lowest BCUT2D eigenvalue weighted by Gasteiger charge is -2.42. The molecule has 0 aromatic heterocycles. The number of ether oxygens (including phenoxy) is 1. The van der Waals surface area contributed by atoms with Gasteiger partial charge in [0, 0.05) is 54.4 Å². The van der Waals surface area contributed by atoms with E-state index in [9.17, 15) is 44.5 Å². The zero-order valence-corrected chi connectivity index (χ0v) is 25.9. The molecule has 3 aliphatic carbocycles. The van der Waals surface area contributed by atoms with Gasteiger partial charge in [-0.2, -0.15) is 0 Å². The third-order valence-electron chi connectivity index (χ3n) is 9.36. The van der Waals surface area contributed by atoms with E-state index in [-0.39, 0.29) is 64.8 Å². The molecule has 4 unspecified atom stereocenters. The molecule has 0 spiro atoms. The summed E-state index contributed by atoms with van der Waals surface area (Å²) >= 11 is 0. The minimum absolute atomic E-state index is 0.0345. The molecule has 2 amide bonds. The van der Waals surface area contributed by atoms with Crippen molar-refractivity contribution >= 4 is 46.1 Å². The summed E-state index contributed by atoms with van der Waals surface area (Å²) in [6, 6.07) is 6.78. The number of carbonyl (C=O) groups excluding carboxylic acids is 4. The van der Waals surface area contributed by atoms with Crippen LogP contribution in [-0.2, 0) is 19.2 Å². The number of fused-ring (bicyclic) bond motifs is 3. The summed E-state index contributed by atoms with van der Waals surface area (Å²) < 4.78 is 5.59. The molecule has 1 fully saturated rings. The first kappa shape index (κ1) is 31.3. The van der Waals surface area contributed by atoms with Gasteiger partial charge in [-0.25, -0.2) is 4.90 Å². The molecule has 1 N–H and O–H groups in total. The smallest absolute Gasteiger partial charge is 0.301 e. The van der Waals surface area contributed by atoms with Gasteiger partial charge in [0.1, 0.15) is 0 Å². The Hall–Kier alpha value is -5.66. The molecule has 1 heterocycles. The molecule has 0 bridgehead atoms. The van der Waals surface area contributed by atoms with E-state index in [4.69, 9.17) is 4.74 Å². The van der Waals surface area contributed by atoms with Crippen LogP contribution in [0.5, 0.6) is 11.5 Å². The lowest BCUT2D eigenvalue weighted by molar-refractivity contribution is -0.392. The second kappa shape index (κ2) is 11.3. The van der Waals surface area contributed by atoms with Crippen LogP contribution in [0.4, 0.5) is 22.7 Å². The van der Waals surface area contributed by atoms with E-state index in [2.05, 4.69) is 0 Å². The predicted molar refractivity (Wildman–Crippen MR) is 167 cm³/mol. The molecule has 242 valence electrons. The zero-order chi connectivity index (χ0) is 34.1. The van der Waals surface area contributed by atoms with Crippen LogP contribution in [0.25, 0.3) is 0 Å². The van der Waals surface area contributed by atoms with Gasteiger partial charge in [0.25, 0.3) is 0 Å². The summed E-state index contributed by atoms with van der Waals surface area (Å²) in [6.07, 6.45) is 3.03. The first-order valence-corrected chi connectivity index (χ1v) is 14.9. The van der Waals surface area contributed by atoms with Gasteiger partial charge in [-0.3, -0.25) is 39.4 Å². The van der Waals surface area contributed by atoms with Gasteiger partial charge in [-0.1, -0.05) is 23.8 Å². The number of para-hydroxylation sites is 1. The van der Waals surface area contributed by atoms with Crippen LogP contribution in [0.15, 0.2) is 64.8 Å². The molecule has 47 heavy (non-hydrogen) atoms. The van der Waals surface area contributed by atoms with E-state index in [1.54, 1.807) is 31.2 Å². The minimum Gasteiger partial charge on any atom is -0.504 e. The predicted octanol–water partition coefficient (Wildman–Crippen LogP) is 4.31. The lowest BCUT2D eigenvalue weighted by Crippen LogP contribution is -2.39. The SMILES string of the molecule is CCOc1cccc(C2C3=CCC4C(=O)N(c5cc([N+](=O)[O-])c(N(C)C)c([N+](=O)[O-])c5)C(=O)C4C3CC3=C2C(=O)C=C(C)C3=O)c1O. The van der Waals surface area contributed by atoms with Crippen molar-refractivity contribution in [3.05, 3.63) is 90.6 Å². The number of nitrogens with zero attached hydrogens (tertiary/aromatic N) is 4. The number of nitro benzene ring substituents is 2. The maximum Gasteiger partial charge on any atom is 0.301 e. The van der Waals surface area contributed by atoms with Crippen LogP contribution in [0.2, 0.25) is 0 Å². The van der Waals surface area contributed by atoms with Gasteiger partial charge in [-0.05, 0) is 44.7 Å². The molecule has 4 aliphatic rings. The van der Waals surface area contributed by atoms with Crippen LogP contribution in [-0.4, -0.2) is 59.0 Å². The summed E-state index contributed by atoms with van der Waals surface area (Å²) in [5, 5.41) is 35.3. The normalized spacial score (nSPS) is 23.5. The average Bonchev–Trinajstić information content (AvgIpc) is 3.28. The summed E-state index contributed by atoms with van der Waals surface area (Å²) in [7, 11) is 2.81. The van der Waals surface area contributed by atoms with Gasteiger partial charge in [0.2, 0.25) is 11.8 Å². The van der Waals surface area contributed by atoms with Crippen molar-refractivity contribution in [1.82, 2.24) is 0 Å². The van der Waals surface area contributed by atoms with Crippen molar-refractivity contribution in [2.45, 2.75) is 32.6 Å². The summed E-state index contributed by atoms with van der Waals surface area (Å²) in [6.45, 7) is 3.52. The number of aromatic hydroxyl groups is 1. The quantitative estimate of drug-likeness (QED) is 0.149. The maximum absolute atomic E-state index is 14.3. The molecule has 6 rings (SSSR count). The summed E-state index contributed by atoms with van der Waals surface area (Å²) in [5.74, 6) is -5.91. The maximum atomic E-state index is 14.3. The molecule has 14 nitrogen and oxygen atoms in total. The monoisotopic (exact) mass is 642 g/mol. The molecule has 0 saturated carbocycles. The van der Waals surface area contributed by atoms with E-state index in [0.717, 1.165) is 17.0 Å². The van der Waals surface area contributed by atoms with E-state index in [1.165, 1.54) is 32.0 Å². The largest absolute Gasteiger partial charge is 0.504 e. The highest BCUT2D eigenvalue weighted by Crippen LogP contribution is 2.57. The van der Waals surface area contributed by atoms with Gasteiger partial charge in [-0.15, -0.1) is 0 Å². The van der Waals surface area contributed by atoms with E-state index in [0.29, 0.717) is 11.1 Å². The van der Waals surface area contributed by atoms with Gasteiger partial charge in [0.15, 0.2) is 28.8 Å². The van der Waals surface area contributed by atoms with E-state index < -0.39 is 62.5 Å².